The predicted octanol–water partition coefficient (Wildman–Crippen LogP) is 6.43. The number of unbranched alkanes of at least 4 members (excludes halogenated alkanes) is 12. The van der Waals surface area contributed by atoms with Crippen LogP contribution in [0.3, 0.4) is 0 Å². The van der Waals surface area contributed by atoms with Gasteiger partial charge in [0.2, 0.25) is 0 Å². The van der Waals surface area contributed by atoms with E-state index in [2.05, 4.69) is 37.9 Å². The van der Waals surface area contributed by atoms with Gasteiger partial charge < -0.3 is 4.74 Å². The molecule has 0 aliphatic rings. The second-order valence-electron chi connectivity index (χ2n) is 5.70. The van der Waals surface area contributed by atoms with E-state index < -0.39 is 0 Å². The molecular weight excluding hydrogens is 256 g/mol. The fourth-order valence-corrected chi connectivity index (χ4v) is 2.19. The van der Waals surface area contributed by atoms with Crippen LogP contribution in [-0.2, 0) is 4.74 Å². The first-order chi connectivity index (χ1) is 10.4. The summed E-state index contributed by atoms with van der Waals surface area (Å²) < 4.78 is 5.00. The molecule has 0 rings (SSSR count). The third-order valence-corrected chi connectivity index (χ3v) is 3.56. The van der Waals surface area contributed by atoms with Crippen molar-refractivity contribution in [3.63, 3.8) is 0 Å². The molecule has 0 aromatic carbocycles. The molecule has 0 radical (unpaired) electrons. The second-order valence-corrected chi connectivity index (χ2v) is 5.70. The molecule has 0 bridgehead atoms. The van der Waals surface area contributed by atoms with E-state index in [1.165, 1.54) is 77.0 Å². The highest BCUT2D eigenvalue weighted by Gasteiger charge is 1.88. The van der Waals surface area contributed by atoms with Crippen molar-refractivity contribution in [2.75, 3.05) is 0 Å². The van der Waals surface area contributed by atoms with Crippen molar-refractivity contribution < 1.29 is 4.74 Å². The average molecular weight is 290 g/mol. The third kappa shape index (κ3) is 18.9. The van der Waals surface area contributed by atoms with E-state index in [1.54, 1.807) is 0 Å². The lowest BCUT2D eigenvalue weighted by atomic mass is 10.1. The van der Waals surface area contributed by atoms with Crippen LogP contribution in [0.1, 0.15) is 104 Å². The highest BCUT2D eigenvalue weighted by molar-refractivity contribution is 4.98. The van der Waals surface area contributed by atoms with E-state index in [0.717, 1.165) is 12.8 Å². The first-order valence-corrected chi connectivity index (χ1v) is 9.03. The maximum atomic E-state index is 5.00. The lowest BCUT2D eigenvalue weighted by Crippen LogP contribution is -1.78. The standard InChI is InChI=1S/C20H34O/c1-3-5-7-9-11-13-15-17-19-21-20-18-16-14-12-10-8-6-4-2/h3-16H2,1-2H3. The Bertz CT molecular complexity index is 278. The van der Waals surface area contributed by atoms with Gasteiger partial charge in [0.05, 0.1) is 0 Å². The summed E-state index contributed by atoms with van der Waals surface area (Å²) in [5.41, 5.74) is 0. The molecule has 0 aromatic heterocycles. The van der Waals surface area contributed by atoms with Crippen LogP contribution in [0.2, 0.25) is 0 Å². The first-order valence-electron chi connectivity index (χ1n) is 9.03. The van der Waals surface area contributed by atoms with Gasteiger partial charge in [-0.3, -0.25) is 0 Å². The van der Waals surface area contributed by atoms with E-state index >= 15 is 0 Å². The molecule has 0 aromatic rings. The molecule has 120 valence electrons. The van der Waals surface area contributed by atoms with E-state index in [0.29, 0.717) is 0 Å². The summed E-state index contributed by atoms with van der Waals surface area (Å²) in [6.07, 6.45) is 23.0. The molecule has 21 heavy (non-hydrogen) atoms. The van der Waals surface area contributed by atoms with Gasteiger partial charge in [0.15, 0.2) is 0 Å². The molecule has 0 heterocycles. The number of rotatable bonds is 12. The molecule has 1 heteroatoms. The van der Waals surface area contributed by atoms with Crippen molar-refractivity contribution in [1.82, 2.24) is 0 Å². The van der Waals surface area contributed by atoms with Gasteiger partial charge in [-0.25, -0.2) is 0 Å². The molecule has 0 amide bonds. The molecule has 0 fully saturated rings. The maximum Gasteiger partial charge on any atom is 0.129 e. The zero-order chi connectivity index (χ0) is 15.4. The Balaban J connectivity index is 3.23. The van der Waals surface area contributed by atoms with Crippen LogP contribution in [0.15, 0.2) is 0 Å². The van der Waals surface area contributed by atoms with Crippen molar-refractivity contribution in [3.05, 3.63) is 0 Å². The summed E-state index contributed by atoms with van der Waals surface area (Å²) in [5, 5.41) is 0. The largest absolute Gasteiger partial charge is 0.357 e. The van der Waals surface area contributed by atoms with Crippen molar-refractivity contribution in [1.29, 1.82) is 0 Å². The van der Waals surface area contributed by atoms with Crippen molar-refractivity contribution in [2.45, 2.75) is 104 Å². The highest BCUT2D eigenvalue weighted by Crippen LogP contribution is 2.06. The summed E-state index contributed by atoms with van der Waals surface area (Å²) in [6.45, 7) is 4.49. The van der Waals surface area contributed by atoms with E-state index in [4.69, 9.17) is 4.74 Å². The van der Waals surface area contributed by atoms with Crippen LogP contribution in [0.5, 0.6) is 0 Å². The Hall–Kier alpha value is -1.08. The minimum Gasteiger partial charge on any atom is -0.357 e. The molecule has 0 saturated carbocycles. The van der Waals surface area contributed by atoms with Gasteiger partial charge in [-0.15, -0.1) is 0 Å². The minimum atomic E-state index is 0.936. The Kier molecular flexibility index (Phi) is 17.9. The molecular formula is C20H34O. The van der Waals surface area contributed by atoms with Gasteiger partial charge in [-0.05, 0) is 12.8 Å². The SMILES string of the molecule is CCCCCCCCC#COC#CCCCCCCCC. The van der Waals surface area contributed by atoms with E-state index in [1.807, 2.05) is 0 Å². The second kappa shape index (κ2) is 18.9. The first kappa shape index (κ1) is 19.9. The van der Waals surface area contributed by atoms with Gasteiger partial charge in [0, 0.05) is 12.8 Å². The van der Waals surface area contributed by atoms with Crippen LogP contribution < -0.4 is 0 Å². The Labute approximate surface area is 133 Å². The molecule has 0 saturated heterocycles. The van der Waals surface area contributed by atoms with Gasteiger partial charge >= 0.3 is 0 Å². The topological polar surface area (TPSA) is 9.23 Å². The average Bonchev–Trinajstić information content (AvgIpc) is 2.50. The fraction of sp³-hybridized carbons (Fsp3) is 0.800. The molecule has 0 unspecified atom stereocenters. The van der Waals surface area contributed by atoms with Gasteiger partial charge in [-0.2, -0.15) is 0 Å². The summed E-state index contributed by atoms with van der Waals surface area (Å²) in [4.78, 5) is 0. The summed E-state index contributed by atoms with van der Waals surface area (Å²) in [5.74, 6) is 6.05. The Morgan fingerprint density at radius 2 is 0.905 bits per heavy atom. The summed E-state index contributed by atoms with van der Waals surface area (Å²) in [6, 6.07) is 0. The molecule has 1 nitrogen and oxygen atoms in total. The van der Waals surface area contributed by atoms with E-state index in [9.17, 15) is 0 Å². The number of hydrogen-bond donors (Lipinski definition) is 0. The van der Waals surface area contributed by atoms with Crippen molar-refractivity contribution in [2.24, 2.45) is 0 Å². The van der Waals surface area contributed by atoms with Crippen LogP contribution in [0, 0.1) is 24.1 Å². The zero-order valence-electron chi connectivity index (χ0n) is 14.3. The van der Waals surface area contributed by atoms with Crippen LogP contribution in [0.4, 0.5) is 0 Å². The molecule has 0 aliphatic carbocycles. The summed E-state index contributed by atoms with van der Waals surface area (Å²) >= 11 is 0. The smallest absolute Gasteiger partial charge is 0.129 e. The number of hydrogen-bond acceptors (Lipinski definition) is 1. The van der Waals surface area contributed by atoms with Gasteiger partial charge in [0.1, 0.15) is 12.2 Å². The number of ether oxygens (including phenoxy) is 1. The normalized spacial score (nSPS) is 9.43. The van der Waals surface area contributed by atoms with Crippen LogP contribution in [-0.4, -0.2) is 0 Å². The minimum absolute atomic E-state index is 0.936. The summed E-state index contributed by atoms with van der Waals surface area (Å²) in [7, 11) is 0. The fourth-order valence-electron chi connectivity index (χ4n) is 2.19. The van der Waals surface area contributed by atoms with Crippen LogP contribution in [0.25, 0.3) is 0 Å². The quantitative estimate of drug-likeness (QED) is 0.297. The van der Waals surface area contributed by atoms with Crippen molar-refractivity contribution in [3.8, 4) is 24.1 Å². The lowest BCUT2D eigenvalue weighted by molar-refractivity contribution is 0.476. The zero-order valence-corrected chi connectivity index (χ0v) is 14.3. The monoisotopic (exact) mass is 290 g/mol. The van der Waals surface area contributed by atoms with Crippen molar-refractivity contribution >= 4 is 0 Å². The Morgan fingerprint density at radius 3 is 1.33 bits per heavy atom. The highest BCUT2D eigenvalue weighted by atomic mass is 16.5. The van der Waals surface area contributed by atoms with E-state index in [-0.39, 0.29) is 0 Å². The molecule has 0 spiro atoms. The molecule has 0 atom stereocenters. The maximum absolute atomic E-state index is 5.00. The van der Waals surface area contributed by atoms with Gasteiger partial charge in [-0.1, -0.05) is 89.9 Å². The van der Waals surface area contributed by atoms with Crippen LogP contribution >= 0.6 is 0 Å². The Morgan fingerprint density at radius 1 is 0.524 bits per heavy atom. The molecule has 0 aliphatic heterocycles. The molecule has 0 N–H and O–H groups in total. The van der Waals surface area contributed by atoms with Gasteiger partial charge in [0.25, 0.3) is 0 Å². The lowest BCUT2D eigenvalue weighted by Gasteiger charge is -1.96. The predicted molar refractivity (Wildman–Crippen MR) is 92.6 cm³/mol. The third-order valence-electron chi connectivity index (χ3n) is 3.56.